The van der Waals surface area contributed by atoms with Gasteiger partial charge in [-0.15, -0.1) is 0 Å². The van der Waals surface area contributed by atoms with E-state index in [1.165, 1.54) is 6.07 Å². The number of benzene rings is 2. The molecule has 0 aliphatic carbocycles. The van der Waals surface area contributed by atoms with Gasteiger partial charge in [0.1, 0.15) is 29.5 Å². The molecule has 0 saturated heterocycles. The van der Waals surface area contributed by atoms with Crippen molar-refractivity contribution in [1.29, 1.82) is 0 Å². The van der Waals surface area contributed by atoms with Gasteiger partial charge >= 0.3 is 6.18 Å². The van der Waals surface area contributed by atoms with Crippen LogP contribution in [-0.4, -0.2) is 23.2 Å². The van der Waals surface area contributed by atoms with E-state index in [1.54, 1.807) is 38.1 Å². The number of nitrogens with zero attached hydrogens (tertiary/aromatic N) is 1. The lowest BCUT2D eigenvalue weighted by molar-refractivity contribution is -0.137. The molecule has 2 aromatic carbocycles. The van der Waals surface area contributed by atoms with Crippen LogP contribution in [0.1, 0.15) is 31.0 Å². The van der Waals surface area contributed by atoms with E-state index in [0.29, 0.717) is 28.0 Å². The Morgan fingerprint density at radius 2 is 1.69 bits per heavy atom. The lowest BCUT2D eigenvalue weighted by Gasteiger charge is -2.26. The maximum atomic E-state index is 13.9. The quantitative estimate of drug-likeness (QED) is 0.419. The average molecular weight is 453 g/mol. The molecule has 0 radical (unpaired) electrons. The monoisotopic (exact) mass is 453 g/mol. The van der Waals surface area contributed by atoms with Crippen molar-refractivity contribution in [3.05, 3.63) is 65.4 Å². The van der Waals surface area contributed by atoms with Crippen LogP contribution >= 0.6 is 0 Å². The molecule has 1 heterocycles. The van der Waals surface area contributed by atoms with Crippen molar-refractivity contribution in [3.63, 3.8) is 0 Å². The van der Waals surface area contributed by atoms with Gasteiger partial charge in [0.15, 0.2) is 0 Å². The summed E-state index contributed by atoms with van der Waals surface area (Å²) < 4.78 is 70.9. The number of fused-ring (bicyclic) bond motifs is 1. The molecule has 9 heteroatoms. The van der Waals surface area contributed by atoms with Gasteiger partial charge in [0.05, 0.1) is 16.9 Å². The molecule has 0 fully saturated rings. The second-order valence-electron chi connectivity index (χ2n) is 8.06. The summed E-state index contributed by atoms with van der Waals surface area (Å²) in [6.45, 7) is 3.12. The molecular weight excluding hydrogens is 429 g/mol. The normalized spacial score (nSPS) is 13.8. The molecule has 3 aromatic rings. The van der Waals surface area contributed by atoms with E-state index in [2.05, 4.69) is 10.3 Å². The number of hydrogen-bond donors (Lipinski definition) is 2. The maximum absolute atomic E-state index is 13.9. The number of pyridine rings is 1. The van der Waals surface area contributed by atoms with E-state index in [0.717, 1.165) is 12.1 Å². The Hall–Kier alpha value is -2.94. The van der Waals surface area contributed by atoms with Crippen LogP contribution in [0.5, 0.6) is 5.75 Å². The van der Waals surface area contributed by atoms with Crippen molar-refractivity contribution in [2.75, 3.05) is 11.9 Å². The molecule has 3 rings (SSSR count). The molecule has 0 aliphatic rings. The van der Waals surface area contributed by atoms with Gasteiger partial charge in [0.25, 0.3) is 0 Å². The SMILES string of the molecule is Cc1nc2c(OCc3c(F)cccc3F)cccc2cc1NCC(C)(N)CCC(F)(F)F. The smallest absolute Gasteiger partial charge is 0.389 e. The highest BCUT2D eigenvalue weighted by molar-refractivity contribution is 5.87. The van der Waals surface area contributed by atoms with Crippen LogP contribution in [0, 0.1) is 18.6 Å². The third-order valence-electron chi connectivity index (χ3n) is 5.10. The lowest BCUT2D eigenvalue weighted by Crippen LogP contribution is -2.44. The van der Waals surface area contributed by atoms with E-state index in [1.807, 2.05) is 0 Å². The zero-order valence-electron chi connectivity index (χ0n) is 17.7. The van der Waals surface area contributed by atoms with Crippen LogP contribution < -0.4 is 15.8 Å². The second kappa shape index (κ2) is 9.28. The predicted molar refractivity (Wildman–Crippen MR) is 114 cm³/mol. The number of halogens is 5. The van der Waals surface area contributed by atoms with Crippen molar-refractivity contribution >= 4 is 16.6 Å². The van der Waals surface area contributed by atoms with E-state index >= 15 is 0 Å². The van der Waals surface area contributed by atoms with Crippen molar-refractivity contribution < 1.29 is 26.7 Å². The van der Waals surface area contributed by atoms with Gasteiger partial charge in [-0.2, -0.15) is 13.2 Å². The molecule has 0 aliphatic heterocycles. The maximum Gasteiger partial charge on any atom is 0.389 e. The number of aromatic nitrogens is 1. The molecule has 0 saturated carbocycles. The number of anilines is 1. The number of rotatable bonds is 8. The number of para-hydroxylation sites is 1. The second-order valence-corrected chi connectivity index (χ2v) is 8.06. The summed E-state index contributed by atoms with van der Waals surface area (Å²) >= 11 is 0. The van der Waals surface area contributed by atoms with Gasteiger partial charge in [0.2, 0.25) is 0 Å². The fraction of sp³-hybridized carbons (Fsp3) is 0.348. The molecule has 4 nitrogen and oxygen atoms in total. The number of ether oxygens (including phenoxy) is 1. The number of nitrogens with one attached hydrogen (secondary N) is 1. The van der Waals surface area contributed by atoms with Crippen molar-refractivity contribution in [2.45, 2.75) is 45.0 Å². The van der Waals surface area contributed by atoms with Crippen molar-refractivity contribution in [3.8, 4) is 5.75 Å². The van der Waals surface area contributed by atoms with Crippen molar-refractivity contribution in [1.82, 2.24) is 4.98 Å². The molecule has 172 valence electrons. The predicted octanol–water partition coefficient (Wildman–Crippen LogP) is 5.87. The Morgan fingerprint density at radius 3 is 2.34 bits per heavy atom. The van der Waals surface area contributed by atoms with E-state index in [9.17, 15) is 22.0 Å². The third-order valence-corrected chi connectivity index (χ3v) is 5.10. The van der Waals surface area contributed by atoms with Gasteiger partial charge in [-0.3, -0.25) is 0 Å². The Morgan fingerprint density at radius 1 is 1.03 bits per heavy atom. The van der Waals surface area contributed by atoms with E-state index in [4.69, 9.17) is 10.5 Å². The summed E-state index contributed by atoms with van der Waals surface area (Å²) in [7, 11) is 0. The summed E-state index contributed by atoms with van der Waals surface area (Å²) in [4.78, 5) is 4.52. The highest BCUT2D eigenvalue weighted by Gasteiger charge is 2.31. The topological polar surface area (TPSA) is 60.2 Å². The largest absolute Gasteiger partial charge is 0.486 e. The third kappa shape index (κ3) is 6.06. The van der Waals surface area contributed by atoms with Crippen LogP contribution in [0.25, 0.3) is 10.9 Å². The number of aryl methyl sites for hydroxylation is 1. The zero-order valence-corrected chi connectivity index (χ0v) is 17.7. The molecule has 0 bridgehead atoms. The fourth-order valence-corrected chi connectivity index (χ4v) is 3.19. The summed E-state index contributed by atoms with van der Waals surface area (Å²) in [6, 6.07) is 10.5. The van der Waals surface area contributed by atoms with Gasteiger partial charge in [-0.1, -0.05) is 18.2 Å². The molecule has 3 N–H and O–H groups in total. The Bertz CT molecular complexity index is 1080. The Labute approximate surface area is 182 Å². The average Bonchev–Trinajstić information content (AvgIpc) is 2.70. The molecule has 32 heavy (non-hydrogen) atoms. The zero-order chi connectivity index (χ0) is 23.5. The summed E-state index contributed by atoms with van der Waals surface area (Å²) in [5.74, 6) is -1.04. The van der Waals surface area contributed by atoms with Gasteiger partial charge in [-0.05, 0) is 44.5 Å². The van der Waals surface area contributed by atoms with Crippen LogP contribution in [0.15, 0.2) is 42.5 Å². The first-order valence-electron chi connectivity index (χ1n) is 10.0. The van der Waals surface area contributed by atoms with Gasteiger partial charge < -0.3 is 15.8 Å². The Kier molecular flexibility index (Phi) is 6.88. The van der Waals surface area contributed by atoms with Gasteiger partial charge in [-0.25, -0.2) is 13.8 Å². The standard InChI is InChI=1S/C23H24F5N3O/c1-14-19(30-13-22(2,29)9-10-23(26,27)28)11-15-5-3-8-20(21(15)31-14)32-12-16-17(24)6-4-7-18(16)25/h3-8,11,30H,9-10,12-13,29H2,1-2H3. The molecule has 1 unspecified atom stereocenters. The lowest BCUT2D eigenvalue weighted by atomic mass is 9.96. The van der Waals surface area contributed by atoms with Crippen LogP contribution in [-0.2, 0) is 6.61 Å². The first-order valence-corrected chi connectivity index (χ1v) is 10.0. The first-order chi connectivity index (χ1) is 15.0. The minimum Gasteiger partial charge on any atom is -0.486 e. The summed E-state index contributed by atoms with van der Waals surface area (Å²) in [5, 5.41) is 3.77. The van der Waals surface area contributed by atoms with Gasteiger partial charge in [0, 0.05) is 23.9 Å². The molecule has 0 amide bonds. The first kappa shape index (κ1) is 23.7. The fourth-order valence-electron chi connectivity index (χ4n) is 3.19. The molecule has 0 spiro atoms. The highest BCUT2D eigenvalue weighted by Crippen LogP contribution is 2.30. The number of nitrogens with two attached hydrogens (primary N) is 1. The van der Waals surface area contributed by atoms with E-state index < -0.39 is 29.8 Å². The van der Waals surface area contributed by atoms with Crippen LogP contribution in [0.2, 0.25) is 0 Å². The number of alkyl halides is 3. The molecular formula is C23H24F5N3O. The Balaban J connectivity index is 1.76. The number of hydrogen-bond acceptors (Lipinski definition) is 4. The van der Waals surface area contributed by atoms with Crippen LogP contribution in [0.4, 0.5) is 27.6 Å². The molecule has 1 atom stereocenters. The van der Waals surface area contributed by atoms with E-state index in [-0.39, 0.29) is 25.1 Å². The summed E-state index contributed by atoms with van der Waals surface area (Å²) in [5.41, 5.74) is 6.47. The minimum atomic E-state index is -4.26. The summed E-state index contributed by atoms with van der Waals surface area (Å²) in [6.07, 6.45) is -5.43. The minimum absolute atomic E-state index is 0.125. The molecule has 1 aromatic heterocycles. The highest BCUT2D eigenvalue weighted by atomic mass is 19.4. The van der Waals surface area contributed by atoms with Crippen molar-refractivity contribution in [2.24, 2.45) is 5.73 Å². The van der Waals surface area contributed by atoms with Crippen LogP contribution in [0.3, 0.4) is 0 Å².